The molecular weight excluding hydrogens is 224 g/mol. The molecule has 1 aliphatic rings. The molecule has 0 aliphatic carbocycles. The summed E-state index contributed by atoms with van der Waals surface area (Å²) in [5, 5.41) is 3.56. The molecule has 0 spiro atoms. The van der Waals surface area contributed by atoms with E-state index in [2.05, 4.69) is 31.0 Å². The molecule has 1 N–H and O–H groups in total. The predicted molar refractivity (Wildman–Crippen MR) is 75.1 cm³/mol. The lowest BCUT2D eigenvalue weighted by Gasteiger charge is -2.43. The molecule has 1 aliphatic heterocycles. The fourth-order valence-corrected chi connectivity index (χ4v) is 2.37. The van der Waals surface area contributed by atoms with Crippen molar-refractivity contribution in [3.05, 3.63) is 30.3 Å². The summed E-state index contributed by atoms with van der Waals surface area (Å²) in [5.74, 6) is 0.958. The highest BCUT2D eigenvalue weighted by molar-refractivity contribution is 5.20. The van der Waals surface area contributed by atoms with E-state index in [1.807, 2.05) is 30.3 Å². The Morgan fingerprint density at radius 1 is 1.33 bits per heavy atom. The number of hydrogen-bond donors (Lipinski definition) is 1. The van der Waals surface area contributed by atoms with Crippen molar-refractivity contribution in [1.29, 1.82) is 0 Å². The van der Waals surface area contributed by atoms with Crippen LogP contribution in [-0.4, -0.2) is 42.7 Å². The summed E-state index contributed by atoms with van der Waals surface area (Å²) in [4.78, 5) is 2.50. The highest BCUT2D eigenvalue weighted by atomic mass is 16.5. The van der Waals surface area contributed by atoms with Crippen molar-refractivity contribution in [3.8, 4) is 5.75 Å². The van der Waals surface area contributed by atoms with Gasteiger partial charge in [-0.3, -0.25) is 4.90 Å². The summed E-state index contributed by atoms with van der Waals surface area (Å²) in [6.45, 7) is 10.6. The van der Waals surface area contributed by atoms with Gasteiger partial charge in [-0.1, -0.05) is 18.2 Å². The van der Waals surface area contributed by atoms with E-state index in [0.29, 0.717) is 6.04 Å². The average Bonchev–Trinajstić information content (AvgIpc) is 2.35. The molecule has 0 radical (unpaired) electrons. The molecule has 1 fully saturated rings. The Kier molecular flexibility index (Phi) is 4.25. The maximum absolute atomic E-state index is 5.76. The minimum atomic E-state index is 0.208. The molecular formula is C15H24N2O. The molecule has 100 valence electrons. The number of piperazine rings is 1. The lowest BCUT2D eigenvalue weighted by atomic mass is 9.99. The van der Waals surface area contributed by atoms with Gasteiger partial charge >= 0.3 is 0 Å². The molecule has 3 nitrogen and oxygen atoms in total. The molecule has 1 heterocycles. The smallest absolute Gasteiger partial charge is 0.119 e. The van der Waals surface area contributed by atoms with Crippen molar-refractivity contribution in [2.24, 2.45) is 0 Å². The van der Waals surface area contributed by atoms with Crippen molar-refractivity contribution in [3.63, 3.8) is 0 Å². The van der Waals surface area contributed by atoms with Crippen molar-refractivity contribution in [2.75, 3.05) is 26.2 Å². The topological polar surface area (TPSA) is 24.5 Å². The third-order valence-electron chi connectivity index (χ3n) is 3.49. The van der Waals surface area contributed by atoms with Crippen molar-refractivity contribution in [1.82, 2.24) is 10.2 Å². The first-order valence-corrected chi connectivity index (χ1v) is 6.74. The number of ether oxygens (including phenoxy) is 1. The zero-order valence-electron chi connectivity index (χ0n) is 11.6. The molecule has 3 heteroatoms. The molecule has 1 aromatic rings. The fourth-order valence-electron chi connectivity index (χ4n) is 2.37. The second-order valence-electron chi connectivity index (χ2n) is 5.75. The Hall–Kier alpha value is -1.06. The van der Waals surface area contributed by atoms with Crippen molar-refractivity contribution < 1.29 is 4.74 Å². The van der Waals surface area contributed by atoms with E-state index in [0.717, 1.165) is 32.0 Å². The summed E-state index contributed by atoms with van der Waals surface area (Å²) in [6, 6.07) is 10.6. The van der Waals surface area contributed by atoms with Crippen LogP contribution in [0.5, 0.6) is 5.75 Å². The number of hydrogen-bond acceptors (Lipinski definition) is 3. The van der Waals surface area contributed by atoms with E-state index in [9.17, 15) is 0 Å². The van der Waals surface area contributed by atoms with E-state index in [1.165, 1.54) is 0 Å². The molecule has 1 unspecified atom stereocenters. The second kappa shape index (κ2) is 5.72. The summed E-state index contributed by atoms with van der Waals surface area (Å²) >= 11 is 0. The lowest BCUT2D eigenvalue weighted by molar-refractivity contribution is 0.0887. The van der Waals surface area contributed by atoms with Crippen LogP contribution in [0.1, 0.15) is 20.8 Å². The van der Waals surface area contributed by atoms with Crippen LogP contribution in [0.15, 0.2) is 30.3 Å². The second-order valence-corrected chi connectivity index (χ2v) is 5.75. The van der Waals surface area contributed by atoms with Gasteiger partial charge in [0.05, 0.1) is 0 Å². The summed E-state index contributed by atoms with van der Waals surface area (Å²) < 4.78 is 5.76. The van der Waals surface area contributed by atoms with E-state index in [4.69, 9.17) is 4.74 Å². The largest absolute Gasteiger partial charge is 0.492 e. The van der Waals surface area contributed by atoms with Gasteiger partial charge in [0, 0.05) is 31.2 Å². The Balaban J connectivity index is 1.79. The lowest BCUT2D eigenvalue weighted by Crippen LogP contribution is -2.61. The van der Waals surface area contributed by atoms with Gasteiger partial charge in [-0.25, -0.2) is 0 Å². The summed E-state index contributed by atoms with van der Waals surface area (Å²) in [5.41, 5.74) is 0.208. The maximum atomic E-state index is 5.76. The predicted octanol–water partition coefficient (Wildman–Crippen LogP) is 2.14. The summed E-state index contributed by atoms with van der Waals surface area (Å²) in [7, 11) is 0. The van der Waals surface area contributed by atoms with Gasteiger partial charge in [0.15, 0.2) is 0 Å². The molecule has 0 saturated carbocycles. The van der Waals surface area contributed by atoms with Gasteiger partial charge in [-0.15, -0.1) is 0 Å². The number of nitrogens with one attached hydrogen (secondary N) is 1. The standard InChI is InChI=1S/C15H24N2O/c1-13-11-16-15(2,3)12-17(13)9-10-18-14-7-5-4-6-8-14/h4-8,13,16H,9-12H2,1-3H3. The third kappa shape index (κ3) is 3.72. The minimum Gasteiger partial charge on any atom is -0.492 e. The van der Waals surface area contributed by atoms with Crippen LogP contribution in [0, 0.1) is 0 Å². The van der Waals surface area contributed by atoms with Crippen LogP contribution in [0.4, 0.5) is 0 Å². The van der Waals surface area contributed by atoms with Crippen LogP contribution < -0.4 is 10.1 Å². The number of benzene rings is 1. The minimum absolute atomic E-state index is 0.208. The van der Waals surface area contributed by atoms with Gasteiger partial charge in [-0.2, -0.15) is 0 Å². The molecule has 0 amide bonds. The van der Waals surface area contributed by atoms with Crippen LogP contribution >= 0.6 is 0 Å². The fraction of sp³-hybridized carbons (Fsp3) is 0.600. The molecule has 18 heavy (non-hydrogen) atoms. The monoisotopic (exact) mass is 248 g/mol. The number of rotatable bonds is 4. The Labute approximate surface area is 110 Å². The Morgan fingerprint density at radius 3 is 2.78 bits per heavy atom. The van der Waals surface area contributed by atoms with Gasteiger partial charge in [0.1, 0.15) is 12.4 Å². The van der Waals surface area contributed by atoms with E-state index in [-0.39, 0.29) is 5.54 Å². The molecule has 0 bridgehead atoms. The van der Waals surface area contributed by atoms with Gasteiger partial charge in [0.2, 0.25) is 0 Å². The quantitative estimate of drug-likeness (QED) is 0.883. The molecule has 2 rings (SSSR count). The zero-order chi connectivity index (χ0) is 13.0. The highest BCUT2D eigenvalue weighted by Gasteiger charge is 2.29. The maximum Gasteiger partial charge on any atom is 0.119 e. The SMILES string of the molecule is CC1CNC(C)(C)CN1CCOc1ccccc1. The van der Waals surface area contributed by atoms with Crippen LogP contribution in [0.2, 0.25) is 0 Å². The van der Waals surface area contributed by atoms with E-state index in [1.54, 1.807) is 0 Å². The average molecular weight is 248 g/mol. The van der Waals surface area contributed by atoms with Crippen molar-refractivity contribution >= 4 is 0 Å². The van der Waals surface area contributed by atoms with Crippen LogP contribution in [0.3, 0.4) is 0 Å². The highest BCUT2D eigenvalue weighted by Crippen LogP contribution is 2.15. The van der Waals surface area contributed by atoms with E-state index >= 15 is 0 Å². The third-order valence-corrected chi connectivity index (χ3v) is 3.49. The normalized spacial score (nSPS) is 23.8. The van der Waals surface area contributed by atoms with Crippen LogP contribution in [0.25, 0.3) is 0 Å². The first kappa shape index (κ1) is 13.4. The van der Waals surface area contributed by atoms with Crippen LogP contribution in [-0.2, 0) is 0 Å². The first-order chi connectivity index (χ1) is 8.57. The Bertz CT molecular complexity index is 364. The van der Waals surface area contributed by atoms with Gasteiger partial charge in [-0.05, 0) is 32.9 Å². The van der Waals surface area contributed by atoms with Gasteiger partial charge < -0.3 is 10.1 Å². The molecule has 1 saturated heterocycles. The van der Waals surface area contributed by atoms with Gasteiger partial charge in [0.25, 0.3) is 0 Å². The molecule has 1 atom stereocenters. The summed E-state index contributed by atoms with van der Waals surface area (Å²) in [6.07, 6.45) is 0. The molecule has 0 aromatic heterocycles. The van der Waals surface area contributed by atoms with E-state index < -0.39 is 0 Å². The van der Waals surface area contributed by atoms with Crippen molar-refractivity contribution in [2.45, 2.75) is 32.4 Å². The Morgan fingerprint density at radius 2 is 2.06 bits per heavy atom. The zero-order valence-corrected chi connectivity index (χ0v) is 11.6. The number of nitrogens with zero attached hydrogens (tertiary/aromatic N) is 1. The first-order valence-electron chi connectivity index (χ1n) is 6.74. The number of para-hydroxylation sites is 1. The molecule has 1 aromatic carbocycles.